The van der Waals surface area contributed by atoms with Gasteiger partial charge in [0.2, 0.25) is 0 Å². The summed E-state index contributed by atoms with van der Waals surface area (Å²) in [5.74, 6) is -0.142. The zero-order valence-electron chi connectivity index (χ0n) is 6.26. The Balaban J connectivity index is 3.38. The van der Waals surface area contributed by atoms with Gasteiger partial charge in [0.1, 0.15) is 17.6 Å². The standard InChI is InChI=1S/C7H4ClF2N3/c8-5-3(2-11)1-4(12)13-6(5)7(9)10/h1,7H,(H2,12,13). The van der Waals surface area contributed by atoms with Gasteiger partial charge in [-0.05, 0) is 6.07 Å². The maximum atomic E-state index is 12.2. The van der Waals surface area contributed by atoms with E-state index in [0.717, 1.165) is 6.07 Å². The molecule has 3 nitrogen and oxygen atoms in total. The highest BCUT2D eigenvalue weighted by molar-refractivity contribution is 6.32. The van der Waals surface area contributed by atoms with Gasteiger partial charge in [-0.1, -0.05) is 11.6 Å². The third-order valence-corrected chi connectivity index (χ3v) is 1.73. The first-order valence-corrected chi connectivity index (χ1v) is 3.58. The molecule has 1 aromatic heterocycles. The summed E-state index contributed by atoms with van der Waals surface area (Å²) < 4.78 is 24.4. The summed E-state index contributed by atoms with van der Waals surface area (Å²) in [5, 5.41) is 8.15. The summed E-state index contributed by atoms with van der Waals surface area (Å²) >= 11 is 5.46. The molecule has 0 radical (unpaired) electrons. The molecule has 0 aliphatic carbocycles. The average molecular weight is 204 g/mol. The maximum absolute atomic E-state index is 12.2. The molecule has 6 heteroatoms. The normalized spacial score (nSPS) is 10.1. The molecule has 0 aliphatic rings. The third-order valence-electron chi connectivity index (χ3n) is 1.33. The highest BCUT2D eigenvalue weighted by Crippen LogP contribution is 2.28. The van der Waals surface area contributed by atoms with Gasteiger partial charge in [-0.25, -0.2) is 13.8 Å². The van der Waals surface area contributed by atoms with E-state index in [0.29, 0.717) is 0 Å². The van der Waals surface area contributed by atoms with Crippen LogP contribution in [0.4, 0.5) is 14.6 Å². The molecule has 1 rings (SSSR count). The van der Waals surface area contributed by atoms with Crippen LogP contribution in [0.2, 0.25) is 5.02 Å². The summed E-state index contributed by atoms with van der Waals surface area (Å²) in [6, 6.07) is 2.79. The molecule has 0 saturated carbocycles. The van der Waals surface area contributed by atoms with Crippen molar-refractivity contribution in [2.75, 3.05) is 5.73 Å². The minimum atomic E-state index is -2.83. The lowest BCUT2D eigenvalue weighted by Crippen LogP contribution is -1.99. The van der Waals surface area contributed by atoms with Gasteiger partial charge < -0.3 is 5.73 Å². The van der Waals surface area contributed by atoms with E-state index in [4.69, 9.17) is 22.6 Å². The number of nitrogens with two attached hydrogens (primary N) is 1. The molecule has 1 aromatic rings. The number of halogens is 3. The smallest absolute Gasteiger partial charge is 0.281 e. The van der Waals surface area contributed by atoms with Crippen molar-refractivity contribution in [3.63, 3.8) is 0 Å². The lowest BCUT2D eigenvalue weighted by molar-refractivity contribution is 0.146. The molecule has 0 amide bonds. The number of hydrogen-bond donors (Lipinski definition) is 1. The van der Waals surface area contributed by atoms with Crippen LogP contribution in [-0.2, 0) is 0 Å². The van der Waals surface area contributed by atoms with Crippen LogP contribution in [0.15, 0.2) is 6.07 Å². The van der Waals surface area contributed by atoms with Gasteiger partial charge in [0.15, 0.2) is 0 Å². The fourth-order valence-corrected chi connectivity index (χ4v) is 1.02. The van der Waals surface area contributed by atoms with E-state index in [9.17, 15) is 8.78 Å². The van der Waals surface area contributed by atoms with Crippen LogP contribution in [0, 0.1) is 11.3 Å². The Morgan fingerprint density at radius 2 is 2.23 bits per heavy atom. The highest BCUT2D eigenvalue weighted by Gasteiger charge is 2.17. The molecule has 0 spiro atoms. The van der Waals surface area contributed by atoms with Gasteiger partial charge in [-0.15, -0.1) is 0 Å². The lowest BCUT2D eigenvalue weighted by Gasteiger charge is -2.04. The van der Waals surface area contributed by atoms with Crippen molar-refractivity contribution in [1.29, 1.82) is 5.26 Å². The van der Waals surface area contributed by atoms with Crippen LogP contribution in [-0.4, -0.2) is 4.98 Å². The third kappa shape index (κ3) is 1.84. The van der Waals surface area contributed by atoms with Gasteiger partial charge in [0.25, 0.3) is 6.43 Å². The lowest BCUT2D eigenvalue weighted by atomic mass is 10.2. The molecule has 1 heterocycles. The molecule has 13 heavy (non-hydrogen) atoms. The molecule has 0 atom stereocenters. The Kier molecular flexibility index (Phi) is 2.63. The van der Waals surface area contributed by atoms with Crippen molar-refractivity contribution < 1.29 is 8.78 Å². The van der Waals surface area contributed by atoms with Gasteiger partial charge in [0, 0.05) is 0 Å². The van der Waals surface area contributed by atoms with Crippen molar-refractivity contribution in [3.05, 3.63) is 22.3 Å². The first-order chi connectivity index (χ1) is 6.06. The second-order valence-corrected chi connectivity index (χ2v) is 2.58. The van der Waals surface area contributed by atoms with Crippen LogP contribution in [0.3, 0.4) is 0 Å². The zero-order valence-corrected chi connectivity index (χ0v) is 7.02. The molecule has 0 saturated heterocycles. The van der Waals surface area contributed by atoms with Crippen LogP contribution < -0.4 is 5.73 Å². The second-order valence-electron chi connectivity index (χ2n) is 2.21. The van der Waals surface area contributed by atoms with E-state index in [1.165, 1.54) is 0 Å². The van der Waals surface area contributed by atoms with Crippen molar-refractivity contribution in [3.8, 4) is 6.07 Å². The molecule has 0 unspecified atom stereocenters. The van der Waals surface area contributed by atoms with Crippen molar-refractivity contribution in [2.45, 2.75) is 6.43 Å². The van der Waals surface area contributed by atoms with Crippen LogP contribution >= 0.6 is 11.6 Å². The van der Waals surface area contributed by atoms with Crippen molar-refractivity contribution >= 4 is 17.4 Å². The predicted octanol–water partition coefficient (Wildman–Crippen LogP) is 2.13. The first kappa shape index (κ1) is 9.68. The predicted molar refractivity (Wildman–Crippen MR) is 43.3 cm³/mol. The number of pyridine rings is 1. The van der Waals surface area contributed by atoms with E-state index in [2.05, 4.69) is 4.98 Å². The van der Waals surface area contributed by atoms with E-state index < -0.39 is 12.1 Å². The van der Waals surface area contributed by atoms with E-state index in [-0.39, 0.29) is 16.4 Å². The number of alkyl halides is 2. The van der Waals surface area contributed by atoms with E-state index in [1.54, 1.807) is 6.07 Å². The number of anilines is 1. The molecule has 0 fully saturated rings. The van der Waals surface area contributed by atoms with Crippen molar-refractivity contribution in [2.24, 2.45) is 0 Å². The fourth-order valence-electron chi connectivity index (χ4n) is 0.796. The van der Waals surface area contributed by atoms with Crippen LogP contribution in [0.25, 0.3) is 0 Å². The Hall–Kier alpha value is -1.41. The maximum Gasteiger partial charge on any atom is 0.281 e. The summed E-state index contributed by atoms with van der Waals surface area (Å²) in [4.78, 5) is 3.33. The topological polar surface area (TPSA) is 62.7 Å². The summed E-state index contributed by atoms with van der Waals surface area (Å²) in [5.41, 5.74) is 4.44. The molecule has 0 aromatic carbocycles. The summed E-state index contributed by atoms with van der Waals surface area (Å²) in [6.07, 6.45) is -2.83. The number of hydrogen-bond acceptors (Lipinski definition) is 3. The Morgan fingerprint density at radius 1 is 1.62 bits per heavy atom. The largest absolute Gasteiger partial charge is 0.384 e. The molecular formula is C7H4ClF2N3. The van der Waals surface area contributed by atoms with Gasteiger partial charge in [-0.3, -0.25) is 0 Å². The minimum absolute atomic E-state index is 0.0931. The van der Waals surface area contributed by atoms with Crippen LogP contribution in [0.1, 0.15) is 17.7 Å². The van der Waals surface area contributed by atoms with Gasteiger partial charge in [0.05, 0.1) is 10.6 Å². The Morgan fingerprint density at radius 3 is 2.69 bits per heavy atom. The molecular weight excluding hydrogens is 200 g/mol. The molecule has 68 valence electrons. The number of aromatic nitrogens is 1. The molecule has 2 N–H and O–H groups in total. The first-order valence-electron chi connectivity index (χ1n) is 3.20. The average Bonchev–Trinajstić information content (AvgIpc) is 2.08. The zero-order chi connectivity index (χ0) is 10.0. The second kappa shape index (κ2) is 3.54. The monoisotopic (exact) mass is 203 g/mol. The molecule has 0 aliphatic heterocycles. The minimum Gasteiger partial charge on any atom is -0.384 e. The van der Waals surface area contributed by atoms with E-state index in [1.807, 2.05) is 0 Å². The quantitative estimate of drug-likeness (QED) is 0.761. The molecule has 0 bridgehead atoms. The Labute approximate surface area is 77.7 Å². The van der Waals surface area contributed by atoms with Gasteiger partial charge >= 0.3 is 0 Å². The van der Waals surface area contributed by atoms with E-state index >= 15 is 0 Å². The number of nitrogen functional groups attached to an aromatic ring is 1. The SMILES string of the molecule is N#Cc1cc(N)nc(C(F)F)c1Cl. The van der Waals surface area contributed by atoms with Crippen LogP contribution in [0.5, 0.6) is 0 Å². The van der Waals surface area contributed by atoms with Gasteiger partial charge in [-0.2, -0.15) is 5.26 Å². The highest BCUT2D eigenvalue weighted by atomic mass is 35.5. The summed E-state index contributed by atoms with van der Waals surface area (Å²) in [7, 11) is 0. The Bertz CT molecular complexity index is 373. The fraction of sp³-hybridized carbons (Fsp3) is 0.143. The number of nitrogens with zero attached hydrogens (tertiary/aromatic N) is 2. The summed E-state index contributed by atoms with van der Waals surface area (Å²) in [6.45, 7) is 0. The number of nitriles is 1. The number of rotatable bonds is 1. The van der Waals surface area contributed by atoms with Crippen molar-refractivity contribution in [1.82, 2.24) is 4.98 Å².